The second-order valence-corrected chi connectivity index (χ2v) is 5.29. The van der Waals surface area contributed by atoms with Crippen LogP contribution in [0.5, 0.6) is 0 Å². The van der Waals surface area contributed by atoms with Gasteiger partial charge in [0.15, 0.2) is 0 Å². The molecule has 0 aliphatic heterocycles. The molecule has 0 unspecified atom stereocenters. The first-order valence-corrected chi connectivity index (χ1v) is 7.62. The van der Waals surface area contributed by atoms with Crippen molar-refractivity contribution in [1.29, 1.82) is 0 Å². The Balaban J connectivity index is 2.76. The maximum atomic E-state index is 12.3. The summed E-state index contributed by atoms with van der Waals surface area (Å²) in [5.41, 5.74) is 8.06. The van der Waals surface area contributed by atoms with E-state index in [9.17, 15) is 4.79 Å². The molecule has 4 heteroatoms. The van der Waals surface area contributed by atoms with Crippen molar-refractivity contribution in [3.63, 3.8) is 0 Å². The van der Waals surface area contributed by atoms with Crippen LogP contribution in [0.3, 0.4) is 0 Å². The average molecular weight is 266 g/mol. The van der Waals surface area contributed by atoms with Gasteiger partial charge in [0, 0.05) is 12.2 Å². The molecule has 1 atom stereocenters. The fraction of sp³-hybridized carbons (Fsp3) is 0.500. The number of thioether (sulfide) groups is 1. The zero-order valence-corrected chi connectivity index (χ0v) is 12.2. The number of rotatable bonds is 6. The van der Waals surface area contributed by atoms with Gasteiger partial charge in [0.05, 0.1) is 6.04 Å². The first-order chi connectivity index (χ1) is 8.60. The summed E-state index contributed by atoms with van der Waals surface area (Å²) >= 11 is 1.71. The Hall–Kier alpha value is -1.00. The summed E-state index contributed by atoms with van der Waals surface area (Å²) in [5, 5.41) is 0. The van der Waals surface area contributed by atoms with Gasteiger partial charge in [0.1, 0.15) is 0 Å². The molecule has 0 aliphatic rings. The molecule has 0 saturated heterocycles. The number of carbonyl (C=O) groups is 1. The molecular formula is C14H22N2OS. The Kier molecular flexibility index (Phi) is 6.22. The van der Waals surface area contributed by atoms with Crippen molar-refractivity contribution in [1.82, 2.24) is 0 Å². The standard InChI is InChI=1S/C14H22N2OS/c1-4-16(12-7-5-11(2)6-8-12)14(17)13(15)9-10-18-3/h5-8,13H,4,9-10,15H2,1-3H3/t13-/m0/s1. The van der Waals surface area contributed by atoms with E-state index in [2.05, 4.69) is 0 Å². The molecule has 0 aliphatic carbocycles. The number of carbonyl (C=O) groups excluding carboxylic acids is 1. The lowest BCUT2D eigenvalue weighted by molar-refractivity contribution is -0.119. The van der Waals surface area contributed by atoms with Crippen molar-refractivity contribution in [3.8, 4) is 0 Å². The monoisotopic (exact) mass is 266 g/mol. The van der Waals surface area contributed by atoms with Crippen LogP contribution in [0.4, 0.5) is 5.69 Å². The quantitative estimate of drug-likeness (QED) is 0.860. The Morgan fingerprint density at radius 2 is 2.00 bits per heavy atom. The van der Waals surface area contributed by atoms with Gasteiger partial charge in [0.2, 0.25) is 5.91 Å². The van der Waals surface area contributed by atoms with Crippen molar-refractivity contribution in [2.75, 3.05) is 23.5 Å². The third-order valence-corrected chi connectivity index (χ3v) is 3.52. The Morgan fingerprint density at radius 3 is 2.50 bits per heavy atom. The lowest BCUT2D eigenvalue weighted by Gasteiger charge is -2.24. The van der Waals surface area contributed by atoms with Gasteiger partial charge in [-0.15, -0.1) is 0 Å². The molecule has 1 rings (SSSR count). The molecule has 3 nitrogen and oxygen atoms in total. The number of nitrogens with two attached hydrogens (primary N) is 1. The average Bonchev–Trinajstić information content (AvgIpc) is 2.38. The van der Waals surface area contributed by atoms with Gasteiger partial charge in [-0.25, -0.2) is 0 Å². The summed E-state index contributed by atoms with van der Waals surface area (Å²) in [7, 11) is 0. The van der Waals surface area contributed by atoms with Gasteiger partial charge >= 0.3 is 0 Å². The minimum atomic E-state index is -0.404. The van der Waals surface area contributed by atoms with Gasteiger partial charge in [-0.1, -0.05) is 17.7 Å². The second-order valence-electron chi connectivity index (χ2n) is 4.31. The van der Waals surface area contributed by atoms with Crippen LogP contribution in [0.15, 0.2) is 24.3 Å². The highest BCUT2D eigenvalue weighted by molar-refractivity contribution is 7.98. The molecular weight excluding hydrogens is 244 g/mol. The lowest BCUT2D eigenvalue weighted by Crippen LogP contribution is -2.44. The lowest BCUT2D eigenvalue weighted by atomic mass is 10.1. The summed E-state index contributed by atoms with van der Waals surface area (Å²) in [6.45, 7) is 4.65. The zero-order chi connectivity index (χ0) is 13.5. The van der Waals surface area contributed by atoms with E-state index in [1.54, 1.807) is 16.7 Å². The molecule has 1 aromatic carbocycles. The Morgan fingerprint density at radius 1 is 1.39 bits per heavy atom. The molecule has 0 heterocycles. The predicted octanol–water partition coefficient (Wildman–Crippen LogP) is 2.43. The van der Waals surface area contributed by atoms with E-state index in [1.165, 1.54) is 5.56 Å². The molecule has 0 bridgehead atoms. The molecule has 0 aromatic heterocycles. The van der Waals surface area contributed by atoms with Crippen LogP contribution < -0.4 is 10.6 Å². The van der Waals surface area contributed by atoms with Crippen LogP contribution in [-0.4, -0.2) is 30.5 Å². The second kappa shape index (κ2) is 7.44. The first-order valence-electron chi connectivity index (χ1n) is 6.22. The number of aryl methyl sites for hydroxylation is 1. The minimum absolute atomic E-state index is 0.00963. The predicted molar refractivity (Wildman–Crippen MR) is 80.2 cm³/mol. The van der Waals surface area contributed by atoms with Gasteiger partial charge in [-0.2, -0.15) is 11.8 Å². The number of nitrogens with zero attached hydrogens (tertiary/aromatic N) is 1. The van der Waals surface area contributed by atoms with Crippen LogP contribution in [0.2, 0.25) is 0 Å². The summed E-state index contributed by atoms with van der Waals surface area (Å²) in [4.78, 5) is 14.0. The molecule has 2 N–H and O–H groups in total. The molecule has 0 spiro atoms. The largest absolute Gasteiger partial charge is 0.320 e. The number of amides is 1. The molecule has 0 radical (unpaired) electrons. The fourth-order valence-electron chi connectivity index (χ4n) is 1.76. The van der Waals surface area contributed by atoms with Crippen LogP contribution in [0, 0.1) is 6.92 Å². The molecule has 18 heavy (non-hydrogen) atoms. The van der Waals surface area contributed by atoms with Crippen LogP contribution in [-0.2, 0) is 4.79 Å². The number of benzene rings is 1. The number of hydrogen-bond acceptors (Lipinski definition) is 3. The molecule has 1 amide bonds. The highest BCUT2D eigenvalue weighted by Gasteiger charge is 2.20. The van der Waals surface area contributed by atoms with Gasteiger partial charge in [-0.05, 0) is 44.4 Å². The van der Waals surface area contributed by atoms with Crippen molar-refractivity contribution in [2.24, 2.45) is 5.73 Å². The molecule has 1 aromatic rings. The summed E-state index contributed by atoms with van der Waals surface area (Å²) in [6.07, 6.45) is 2.75. The third kappa shape index (κ3) is 4.03. The van der Waals surface area contributed by atoms with Crippen molar-refractivity contribution < 1.29 is 4.79 Å². The molecule has 100 valence electrons. The number of anilines is 1. The fourth-order valence-corrected chi connectivity index (χ4v) is 2.25. The number of hydrogen-bond donors (Lipinski definition) is 1. The van der Waals surface area contributed by atoms with E-state index in [-0.39, 0.29) is 5.91 Å². The highest BCUT2D eigenvalue weighted by atomic mass is 32.2. The molecule has 0 saturated carbocycles. The van der Waals surface area contributed by atoms with Crippen LogP contribution >= 0.6 is 11.8 Å². The smallest absolute Gasteiger partial charge is 0.243 e. The van der Waals surface area contributed by atoms with Crippen LogP contribution in [0.1, 0.15) is 18.9 Å². The first kappa shape index (κ1) is 15.1. The highest BCUT2D eigenvalue weighted by Crippen LogP contribution is 2.16. The van der Waals surface area contributed by atoms with E-state index >= 15 is 0 Å². The normalized spacial score (nSPS) is 12.2. The maximum absolute atomic E-state index is 12.3. The summed E-state index contributed by atoms with van der Waals surface area (Å²) in [5.74, 6) is 0.925. The maximum Gasteiger partial charge on any atom is 0.243 e. The van der Waals surface area contributed by atoms with Gasteiger partial charge in [-0.3, -0.25) is 4.79 Å². The molecule has 0 fully saturated rings. The minimum Gasteiger partial charge on any atom is -0.320 e. The van der Waals surface area contributed by atoms with Gasteiger partial charge in [0.25, 0.3) is 0 Å². The van der Waals surface area contributed by atoms with Crippen molar-refractivity contribution in [2.45, 2.75) is 26.3 Å². The van der Waals surface area contributed by atoms with Gasteiger partial charge < -0.3 is 10.6 Å². The summed E-state index contributed by atoms with van der Waals surface area (Å²) < 4.78 is 0. The Bertz CT molecular complexity index is 378. The van der Waals surface area contributed by atoms with E-state index in [1.807, 2.05) is 44.4 Å². The topological polar surface area (TPSA) is 46.3 Å². The van der Waals surface area contributed by atoms with Crippen molar-refractivity contribution >= 4 is 23.4 Å². The van der Waals surface area contributed by atoms with E-state index < -0.39 is 6.04 Å². The van der Waals surface area contributed by atoms with E-state index in [0.29, 0.717) is 6.54 Å². The zero-order valence-electron chi connectivity index (χ0n) is 11.3. The Labute approximate surface area is 114 Å². The van der Waals surface area contributed by atoms with E-state index in [4.69, 9.17) is 5.73 Å². The summed E-state index contributed by atoms with van der Waals surface area (Å²) in [6, 6.07) is 7.56. The number of likely N-dealkylation sites (N-methyl/N-ethyl adjacent to an activating group) is 1. The van der Waals surface area contributed by atoms with Crippen molar-refractivity contribution in [3.05, 3.63) is 29.8 Å². The van der Waals surface area contributed by atoms with Crippen LogP contribution in [0.25, 0.3) is 0 Å². The third-order valence-electron chi connectivity index (χ3n) is 2.88. The SMILES string of the molecule is CCN(C(=O)[C@@H](N)CCSC)c1ccc(C)cc1. The van der Waals surface area contributed by atoms with E-state index in [0.717, 1.165) is 17.9 Å².